The Balaban J connectivity index is 1.73. The minimum atomic E-state index is -3.58. The molecule has 33 heavy (non-hydrogen) atoms. The first-order valence-electron chi connectivity index (χ1n) is 10.4. The SMILES string of the molecule is CCOc1cc([C@@H](CS(C)(=O)=O)N2C(=O)c3csc(NC(=O)C4CC4)c3C2=O)ccc1OC. The first kappa shape index (κ1) is 23.2. The van der Waals surface area contributed by atoms with E-state index >= 15 is 0 Å². The molecule has 3 amide bonds. The monoisotopic (exact) mass is 492 g/mol. The number of thiophene rings is 1. The van der Waals surface area contributed by atoms with Crippen LogP contribution in [0.1, 0.15) is 52.1 Å². The summed E-state index contributed by atoms with van der Waals surface area (Å²) in [4.78, 5) is 39.8. The van der Waals surface area contributed by atoms with Crippen LogP contribution in [0.5, 0.6) is 11.5 Å². The average molecular weight is 493 g/mol. The molecule has 0 bridgehead atoms. The van der Waals surface area contributed by atoms with E-state index in [-0.39, 0.29) is 23.0 Å². The number of carbonyl (C=O) groups excluding carboxylic acids is 3. The van der Waals surface area contributed by atoms with E-state index in [1.54, 1.807) is 25.1 Å². The van der Waals surface area contributed by atoms with Crippen molar-refractivity contribution in [3.05, 3.63) is 40.3 Å². The lowest BCUT2D eigenvalue weighted by molar-refractivity contribution is -0.117. The lowest BCUT2D eigenvalue weighted by Crippen LogP contribution is -2.38. The van der Waals surface area contributed by atoms with Gasteiger partial charge in [0.15, 0.2) is 11.5 Å². The first-order valence-corrected chi connectivity index (χ1v) is 13.4. The van der Waals surface area contributed by atoms with Gasteiger partial charge < -0.3 is 14.8 Å². The summed E-state index contributed by atoms with van der Waals surface area (Å²) in [6.45, 7) is 2.14. The van der Waals surface area contributed by atoms with Gasteiger partial charge in [0, 0.05) is 17.6 Å². The fraction of sp³-hybridized carbons (Fsp3) is 0.409. The maximum Gasteiger partial charge on any atom is 0.265 e. The Morgan fingerprint density at radius 3 is 2.58 bits per heavy atom. The van der Waals surface area contributed by atoms with Gasteiger partial charge in [0.2, 0.25) is 5.91 Å². The molecule has 4 rings (SSSR count). The molecule has 1 aromatic heterocycles. The van der Waals surface area contributed by atoms with Crippen molar-refractivity contribution in [3.63, 3.8) is 0 Å². The van der Waals surface area contributed by atoms with Gasteiger partial charge in [0.1, 0.15) is 14.8 Å². The summed E-state index contributed by atoms with van der Waals surface area (Å²) in [6.07, 6.45) is 2.65. The summed E-state index contributed by atoms with van der Waals surface area (Å²) >= 11 is 1.11. The summed E-state index contributed by atoms with van der Waals surface area (Å²) in [5, 5.41) is 4.58. The highest BCUT2D eigenvalue weighted by molar-refractivity contribution is 7.90. The number of anilines is 1. The molecule has 1 aliphatic carbocycles. The van der Waals surface area contributed by atoms with Gasteiger partial charge in [-0.3, -0.25) is 19.3 Å². The second-order valence-electron chi connectivity index (χ2n) is 8.05. The second-order valence-corrected chi connectivity index (χ2v) is 11.1. The largest absolute Gasteiger partial charge is 0.493 e. The Morgan fingerprint density at radius 2 is 1.97 bits per heavy atom. The first-order chi connectivity index (χ1) is 15.6. The fourth-order valence-corrected chi connectivity index (χ4v) is 5.62. The molecule has 11 heteroatoms. The Bertz CT molecular complexity index is 1230. The molecule has 1 aromatic carbocycles. The Kier molecular flexibility index (Phi) is 6.19. The number of sulfone groups is 1. The normalized spacial score (nSPS) is 16.5. The van der Waals surface area contributed by atoms with Gasteiger partial charge in [0.25, 0.3) is 11.8 Å². The minimum absolute atomic E-state index is 0.0691. The molecule has 2 aliphatic rings. The fourth-order valence-electron chi connectivity index (χ4n) is 3.78. The van der Waals surface area contributed by atoms with Crippen LogP contribution in [0.15, 0.2) is 23.6 Å². The molecule has 0 radical (unpaired) electrons. The number of hydrogen-bond donors (Lipinski definition) is 1. The summed E-state index contributed by atoms with van der Waals surface area (Å²) < 4.78 is 35.4. The molecule has 1 saturated carbocycles. The van der Waals surface area contributed by atoms with Gasteiger partial charge in [-0.05, 0) is 37.5 Å². The molecule has 0 spiro atoms. The maximum atomic E-state index is 13.4. The van der Waals surface area contributed by atoms with E-state index in [1.807, 2.05) is 0 Å². The van der Waals surface area contributed by atoms with Crippen molar-refractivity contribution >= 4 is 43.9 Å². The highest BCUT2D eigenvalue weighted by atomic mass is 32.2. The van der Waals surface area contributed by atoms with Crippen LogP contribution in [-0.2, 0) is 14.6 Å². The molecular formula is C22H24N2O7S2. The zero-order chi connectivity index (χ0) is 23.9. The van der Waals surface area contributed by atoms with E-state index in [9.17, 15) is 22.8 Å². The van der Waals surface area contributed by atoms with Crippen molar-refractivity contribution < 1.29 is 32.3 Å². The smallest absolute Gasteiger partial charge is 0.265 e. The van der Waals surface area contributed by atoms with Gasteiger partial charge in [0.05, 0.1) is 36.6 Å². The predicted octanol–water partition coefficient (Wildman–Crippen LogP) is 2.89. The maximum absolute atomic E-state index is 13.4. The zero-order valence-corrected chi connectivity index (χ0v) is 20.0. The number of nitrogens with one attached hydrogen (secondary N) is 1. The number of carbonyl (C=O) groups is 3. The Morgan fingerprint density at radius 1 is 1.24 bits per heavy atom. The number of hydrogen-bond acceptors (Lipinski definition) is 8. The summed E-state index contributed by atoms with van der Waals surface area (Å²) in [6, 6.07) is 3.73. The number of ether oxygens (including phenoxy) is 2. The van der Waals surface area contributed by atoms with E-state index in [0.717, 1.165) is 35.3 Å². The van der Waals surface area contributed by atoms with Crippen LogP contribution in [0.4, 0.5) is 5.00 Å². The van der Waals surface area contributed by atoms with Crippen LogP contribution >= 0.6 is 11.3 Å². The molecule has 1 N–H and O–H groups in total. The van der Waals surface area contributed by atoms with Crippen molar-refractivity contribution in [2.45, 2.75) is 25.8 Å². The molecule has 2 aromatic rings. The number of amides is 3. The molecule has 0 unspecified atom stereocenters. The van der Waals surface area contributed by atoms with Gasteiger partial charge in [-0.25, -0.2) is 8.42 Å². The molecule has 1 atom stereocenters. The third-order valence-corrected chi connectivity index (χ3v) is 7.32. The second kappa shape index (κ2) is 8.79. The van der Waals surface area contributed by atoms with Crippen molar-refractivity contribution in [1.82, 2.24) is 4.90 Å². The van der Waals surface area contributed by atoms with E-state index < -0.39 is 33.4 Å². The number of fused-ring (bicyclic) bond motifs is 1. The third kappa shape index (κ3) is 4.60. The molecule has 2 heterocycles. The van der Waals surface area contributed by atoms with Crippen LogP contribution in [-0.4, -0.2) is 56.8 Å². The van der Waals surface area contributed by atoms with Crippen molar-refractivity contribution in [2.24, 2.45) is 5.92 Å². The molecule has 1 fully saturated rings. The van der Waals surface area contributed by atoms with E-state index in [1.165, 1.54) is 12.5 Å². The highest BCUT2D eigenvalue weighted by Crippen LogP contribution is 2.41. The number of methoxy groups -OCH3 is 1. The van der Waals surface area contributed by atoms with E-state index in [0.29, 0.717) is 28.7 Å². The predicted molar refractivity (Wildman–Crippen MR) is 123 cm³/mol. The average Bonchev–Trinajstić information content (AvgIpc) is 3.48. The van der Waals surface area contributed by atoms with Crippen molar-refractivity contribution in [2.75, 3.05) is 31.0 Å². The van der Waals surface area contributed by atoms with Crippen LogP contribution in [0.2, 0.25) is 0 Å². The molecule has 0 saturated heterocycles. The molecular weight excluding hydrogens is 468 g/mol. The standard InChI is InChI=1S/C22H24N2O7S2/c1-4-31-17-9-13(7-8-16(17)30-2)15(11-33(3,28)29)24-21(26)14-10-32-20(18(14)22(24)27)23-19(25)12-5-6-12/h7-10,12,15H,4-6,11H2,1-3H3,(H,23,25)/t15-/m1/s1. The molecule has 9 nitrogen and oxygen atoms in total. The third-order valence-electron chi connectivity index (χ3n) is 5.50. The van der Waals surface area contributed by atoms with Crippen LogP contribution < -0.4 is 14.8 Å². The topological polar surface area (TPSA) is 119 Å². The van der Waals surface area contributed by atoms with Crippen LogP contribution in [0, 0.1) is 5.92 Å². The van der Waals surface area contributed by atoms with Gasteiger partial charge in [-0.2, -0.15) is 0 Å². The summed E-state index contributed by atoms with van der Waals surface area (Å²) in [7, 11) is -2.10. The summed E-state index contributed by atoms with van der Waals surface area (Å²) in [5.41, 5.74) is 0.688. The number of imide groups is 1. The lowest BCUT2D eigenvalue weighted by Gasteiger charge is -2.27. The lowest BCUT2D eigenvalue weighted by atomic mass is 10.1. The zero-order valence-electron chi connectivity index (χ0n) is 18.4. The summed E-state index contributed by atoms with van der Waals surface area (Å²) in [5.74, 6) is -1.11. The van der Waals surface area contributed by atoms with Crippen molar-refractivity contribution in [1.29, 1.82) is 0 Å². The Hall–Kier alpha value is -2.92. The number of rotatable bonds is 9. The van der Waals surface area contributed by atoms with Crippen LogP contribution in [0.25, 0.3) is 0 Å². The van der Waals surface area contributed by atoms with E-state index in [4.69, 9.17) is 9.47 Å². The van der Waals surface area contributed by atoms with Gasteiger partial charge in [-0.15, -0.1) is 11.3 Å². The van der Waals surface area contributed by atoms with Gasteiger partial charge >= 0.3 is 0 Å². The van der Waals surface area contributed by atoms with Crippen molar-refractivity contribution in [3.8, 4) is 11.5 Å². The van der Waals surface area contributed by atoms with Gasteiger partial charge in [-0.1, -0.05) is 6.07 Å². The molecule has 176 valence electrons. The quantitative estimate of drug-likeness (QED) is 0.535. The number of nitrogens with zero attached hydrogens (tertiary/aromatic N) is 1. The highest BCUT2D eigenvalue weighted by Gasteiger charge is 2.45. The van der Waals surface area contributed by atoms with E-state index in [2.05, 4.69) is 5.32 Å². The Labute approximate surface area is 195 Å². The minimum Gasteiger partial charge on any atom is -0.493 e. The van der Waals surface area contributed by atoms with Crippen LogP contribution in [0.3, 0.4) is 0 Å². The number of benzene rings is 1. The molecule has 1 aliphatic heterocycles.